The average Bonchev–Trinajstić information content (AvgIpc) is 2.71. The molecule has 0 spiro atoms. The molecule has 0 saturated carbocycles. The molecule has 150 valence electrons. The zero-order valence-electron chi connectivity index (χ0n) is 17.1. The molecular formula is C24H30O4. The highest BCUT2D eigenvalue weighted by Crippen LogP contribution is 2.32. The monoisotopic (exact) mass is 382 g/mol. The highest BCUT2D eigenvalue weighted by molar-refractivity contribution is 5.98. The maximum absolute atomic E-state index is 13.0. The lowest BCUT2D eigenvalue weighted by molar-refractivity contribution is -0.137. The molecule has 4 nitrogen and oxygen atoms in total. The van der Waals surface area contributed by atoms with E-state index in [-0.39, 0.29) is 18.1 Å². The normalized spacial score (nSPS) is 14.1. The Bertz CT molecular complexity index is 777. The lowest BCUT2D eigenvalue weighted by atomic mass is 9.80. The number of ketones is 1. The van der Waals surface area contributed by atoms with Gasteiger partial charge in [0.05, 0.1) is 13.5 Å². The van der Waals surface area contributed by atoms with Crippen LogP contribution in [0.15, 0.2) is 48.5 Å². The Hall–Kier alpha value is -2.62. The molecular weight excluding hydrogens is 352 g/mol. The lowest BCUT2D eigenvalue weighted by Gasteiger charge is -2.23. The van der Waals surface area contributed by atoms with Crippen LogP contribution in [0, 0.1) is 5.92 Å². The number of carboxylic acids is 1. The minimum Gasteiger partial charge on any atom is -0.497 e. The van der Waals surface area contributed by atoms with Crippen LogP contribution in [0.2, 0.25) is 0 Å². The number of hydrogen-bond acceptors (Lipinski definition) is 3. The highest BCUT2D eigenvalue weighted by atomic mass is 16.5. The third-order valence-electron chi connectivity index (χ3n) is 5.44. The van der Waals surface area contributed by atoms with E-state index in [4.69, 9.17) is 4.74 Å². The zero-order chi connectivity index (χ0) is 20.7. The van der Waals surface area contributed by atoms with E-state index in [1.165, 1.54) is 5.56 Å². The summed E-state index contributed by atoms with van der Waals surface area (Å²) < 4.78 is 5.14. The largest absolute Gasteiger partial charge is 0.497 e. The molecule has 0 saturated heterocycles. The van der Waals surface area contributed by atoms with Gasteiger partial charge in [0, 0.05) is 17.4 Å². The minimum atomic E-state index is -0.900. The second-order valence-electron chi connectivity index (χ2n) is 7.44. The summed E-state index contributed by atoms with van der Waals surface area (Å²) in [6.45, 7) is 6.18. The zero-order valence-corrected chi connectivity index (χ0v) is 17.1. The molecule has 3 atom stereocenters. The van der Waals surface area contributed by atoms with Gasteiger partial charge in [-0.2, -0.15) is 0 Å². The van der Waals surface area contributed by atoms with Gasteiger partial charge in [-0.15, -0.1) is 0 Å². The van der Waals surface area contributed by atoms with Gasteiger partial charge < -0.3 is 9.84 Å². The predicted octanol–water partition coefficient (Wildman–Crippen LogP) is 5.68. The Kier molecular flexibility index (Phi) is 7.80. The molecule has 2 rings (SSSR count). The smallest absolute Gasteiger partial charge is 0.303 e. The molecule has 0 fully saturated rings. The van der Waals surface area contributed by atoms with Crippen molar-refractivity contribution in [1.82, 2.24) is 0 Å². The van der Waals surface area contributed by atoms with Gasteiger partial charge in [-0.3, -0.25) is 9.59 Å². The summed E-state index contributed by atoms with van der Waals surface area (Å²) in [5.74, 6) is -0.621. The van der Waals surface area contributed by atoms with Crippen molar-refractivity contribution < 1.29 is 19.4 Å². The quantitative estimate of drug-likeness (QED) is 0.537. The van der Waals surface area contributed by atoms with Gasteiger partial charge in [0.25, 0.3) is 0 Å². The molecule has 0 amide bonds. The number of benzene rings is 2. The van der Waals surface area contributed by atoms with Crippen LogP contribution in [0.25, 0.3) is 0 Å². The summed E-state index contributed by atoms with van der Waals surface area (Å²) in [6, 6.07) is 15.0. The second kappa shape index (κ2) is 10.1. The fourth-order valence-electron chi connectivity index (χ4n) is 3.64. The molecule has 2 aromatic rings. The fourth-order valence-corrected chi connectivity index (χ4v) is 3.64. The van der Waals surface area contributed by atoms with Gasteiger partial charge >= 0.3 is 5.97 Å². The van der Waals surface area contributed by atoms with Crippen molar-refractivity contribution >= 4 is 11.8 Å². The first-order valence-corrected chi connectivity index (χ1v) is 9.87. The van der Waals surface area contributed by atoms with Crippen molar-refractivity contribution in [2.75, 3.05) is 7.11 Å². The first-order valence-electron chi connectivity index (χ1n) is 9.87. The molecule has 3 unspecified atom stereocenters. The number of aliphatic carboxylic acids is 1. The minimum absolute atomic E-state index is 0.0580. The van der Waals surface area contributed by atoms with Crippen LogP contribution in [0.4, 0.5) is 0 Å². The van der Waals surface area contributed by atoms with Crippen LogP contribution in [-0.2, 0) is 4.79 Å². The van der Waals surface area contributed by atoms with E-state index in [9.17, 15) is 14.7 Å². The maximum Gasteiger partial charge on any atom is 0.303 e. The molecule has 0 radical (unpaired) electrons. The van der Waals surface area contributed by atoms with E-state index in [1.54, 1.807) is 31.4 Å². The van der Waals surface area contributed by atoms with Crippen molar-refractivity contribution in [3.05, 3.63) is 65.2 Å². The summed E-state index contributed by atoms with van der Waals surface area (Å²) >= 11 is 0. The Balaban J connectivity index is 2.26. The van der Waals surface area contributed by atoms with Crippen LogP contribution in [0.1, 0.15) is 73.4 Å². The third kappa shape index (κ3) is 5.44. The molecule has 0 aliphatic carbocycles. The molecule has 0 heterocycles. The van der Waals surface area contributed by atoms with E-state index in [1.807, 2.05) is 19.1 Å². The predicted molar refractivity (Wildman–Crippen MR) is 111 cm³/mol. The van der Waals surface area contributed by atoms with E-state index in [0.29, 0.717) is 17.2 Å². The van der Waals surface area contributed by atoms with Gasteiger partial charge in [0.1, 0.15) is 5.75 Å². The summed E-state index contributed by atoms with van der Waals surface area (Å²) in [7, 11) is 1.58. The number of carboxylic acid groups (broad SMARTS) is 1. The molecule has 2 aromatic carbocycles. The van der Waals surface area contributed by atoms with Gasteiger partial charge in [-0.05, 0) is 47.7 Å². The van der Waals surface area contributed by atoms with Gasteiger partial charge in [-0.1, -0.05) is 51.5 Å². The number of hydrogen-bond donors (Lipinski definition) is 1. The van der Waals surface area contributed by atoms with Crippen LogP contribution in [-0.4, -0.2) is 24.0 Å². The lowest BCUT2D eigenvalue weighted by Crippen LogP contribution is -2.22. The number of carbonyl (C=O) groups excluding carboxylic acids is 1. The van der Waals surface area contributed by atoms with Gasteiger partial charge in [-0.25, -0.2) is 0 Å². The second-order valence-corrected chi connectivity index (χ2v) is 7.44. The summed E-state index contributed by atoms with van der Waals surface area (Å²) in [5.41, 5.74) is 2.70. The number of rotatable bonds is 10. The number of ether oxygens (including phenoxy) is 1. The molecule has 28 heavy (non-hydrogen) atoms. The first-order chi connectivity index (χ1) is 13.4. The maximum atomic E-state index is 13.0. The Morgan fingerprint density at radius 2 is 1.54 bits per heavy atom. The Morgan fingerprint density at radius 1 is 0.964 bits per heavy atom. The molecule has 0 aromatic heterocycles. The first kappa shape index (κ1) is 21.7. The Morgan fingerprint density at radius 3 is 2.04 bits per heavy atom. The summed E-state index contributed by atoms with van der Waals surface area (Å²) in [6.07, 6.45) is 2.16. The van der Waals surface area contributed by atoms with Crippen molar-refractivity contribution in [2.45, 2.75) is 51.9 Å². The van der Waals surface area contributed by atoms with Crippen molar-refractivity contribution in [3.63, 3.8) is 0 Å². The topological polar surface area (TPSA) is 63.6 Å². The fraction of sp³-hybridized carbons (Fsp3) is 0.417. The molecule has 0 bridgehead atoms. The molecule has 0 aliphatic heterocycles. The van der Waals surface area contributed by atoms with Gasteiger partial charge in [0.15, 0.2) is 5.78 Å². The SMILES string of the molecule is CCCC(C)c1ccc(C(CC(=O)O)C(C)C(=O)c2ccc(OC)cc2)cc1. The Labute approximate surface area is 167 Å². The van der Waals surface area contributed by atoms with Gasteiger partial charge in [0.2, 0.25) is 0 Å². The number of carbonyl (C=O) groups is 2. The van der Waals surface area contributed by atoms with Crippen LogP contribution in [0.3, 0.4) is 0 Å². The van der Waals surface area contributed by atoms with Crippen molar-refractivity contribution in [1.29, 1.82) is 0 Å². The van der Waals surface area contributed by atoms with Crippen molar-refractivity contribution in [3.8, 4) is 5.75 Å². The summed E-state index contributed by atoms with van der Waals surface area (Å²) in [5, 5.41) is 9.40. The van der Waals surface area contributed by atoms with Crippen LogP contribution < -0.4 is 4.74 Å². The standard InChI is InChI=1S/C24H30O4/c1-5-6-16(2)18-7-9-19(10-8-18)22(15-23(25)26)17(3)24(27)20-11-13-21(28-4)14-12-20/h7-14,16-17,22H,5-6,15H2,1-4H3,(H,25,26). The third-order valence-corrected chi connectivity index (χ3v) is 5.44. The van der Waals surface area contributed by atoms with E-state index >= 15 is 0 Å². The number of Topliss-reactive ketones (excluding diaryl/α,β-unsaturated/α-hetero) is 1. The van der Waals surface area contributed by atoms with Crippen molar-refractivity contribution in [2.24, 2.45) is 5.92 Å². The molecule has 4 heteroatoms. The number of methoxy groups -OCH3 is 1. The molecule has 1 N–H and O–H groups in total. The molecule has 0 aliphatic rings. The summed E-state index contributed by atoms with van der Waals surface area (Å²) in [4.78, 5) is 24.4. The van der Waals surface area contributed by atoms with E-state index in [2.05, 4.69) is 26.0 Å². The van der Waals surface area contributed by atoms with E-state index < -0.39 is 11.9 Å². The highest BCUT2D eigenvalue weighted by Gasteiger charge is 2.28. The van der Waals surface area contributed by atoms with E-state index in [0.717, 1.165) is 18.4 Å². The average molecular weight is 383 g/mol. The van der Waals surface area contributed by atoms with Crippen LogP contribution >= 0.6 is 0 Å². The van der Waals surface area contributed by atoms with Crippen LogP contribution in [0.5, 0.6) is 5.75 Å².